The fraction of sp³-hybridized carbons (Fsp3) is 0.583. The lowest BCUT2D eigenvalue weighted by molar-refractivity contribution is -0.142. The highest BCUT2D eigenvalue weighted by Crippen LogP contribution is 2.41. The summed E-state index contributed by atoms with van der Waals surface area (Å²) in [6, 6.07) is 3.98. The van der Waals surface area contributed by atoms with Crippen LogP contribution in [0.1, 0.15) is 32.1 Å². The smallest absolute Gasteiger partial charge is 0.306 e. The molecule has 0 radical (unpaired) electrons. The van der Waals surface area contributed by atoms with E-state index >= 15 is 0 Å². The van der Waals surface area contributed by atoms with E-state index in [2.05, 4.69) is 15.9 Å². The third-order valence-electron chi connectivity index (χ3n) is 3.26. The zero-order valence-electron chi connectivity index (χ0n) is 10.5. The summed E-state index contributed by atoms with van der Waals surface area (Å²) < 4.78 is 5.80. The molecule has 1 aromatic rings. The third-order valence-corrected chi connectivity index (χ3v) is 5.15. The van der Waals surface area contributed by atoms with Crippen molar-refractivity contribution in [1.82, 2.24) is 0 Å². The molecule has 0 fully saturated rings. The Hall–Kier alpha value is -0.390. The van der Waals surface area contributed by atoms with Gasteiger partial charge < -0.3 is 10.5 Å². The monoisotopic (exact) mass is 319 g/mol. The number of nitrogens with two attached hydrogens (primary N) is 1. The summed E-state index contributed by atoms with van der Waals surface area (Å²) in [5.41, 5.74) is 5.30. The highest BCUT2D eigenvalue weighted by Gasteiger charge is 2.42. The van der Waals surface area contributed by atoms with E-state index in [4.69, 9.17) is 10.5 Å². The first kappa shape index (κ1) is 14.7. The number of hydrogen-bond donors (Lipinski definition) is 1. The van der Waals surface area contributed by atoms with Crippen LogP contribution in [0.4, 0.5) is 0 Å². The summed E-state index contributed by atoms with van der Waals surface area (Å²) in [6.45, 7) is 5.87. The van der Waals surface area contributed by atoms with Crippen LogP contribution in [0.5, 0.6) is 0 Å². The number of carbonyl (C=O) groups excluding carboxylic acids is 1. The minimum absolute atomic E-state index is 0.240. The van der Waals surface area contributed by atoms with Gasteiger partial charge in [-0.2, -0.15) is 0 Å². The Labute approximate surface area is 114 Å². The van der Waals surface area contributed by atoms with E-state index in [1.807, 2.05) is 32.9 Å². The van der Waals surface area contributed by atoms with Crippen LogP contribution in [0.15, 0.2) is 15.9 Å². The topological polar surface area (TPSA) is 52.3 Å². The second kappa shape index (κ2) is 5.08. The lowest BCUT2D eigenvalue weighted by Gasteiger charge is -2.40. The Morgan fingerprint density at radius 1 is 1.47 bits per heavy atom. The molecule has 0 aliphatic heterocycles. The van der Waals surface area contributed by atoms with Crippen LogP contribution in [-0.2, 0) is 14.9 Å². The standard InChI is InChI=1S/C12H18BrNO2S/c1-11(2,14)12(3,7-10(15)16-4)8-5-6-9(13)17-8/h5-6H,7,14H2,1-4H3. The molecule has 0 saturated carbocycles. The summed E-state index contributed by atoms with van der Waals surface area (Å²) in [6.07, 6.45) is 0.278. The summed E-state index contributed by atoms with van der Waals surface area (Å²) in [4.78, 5) is 12.7. The van der Waals surface area contributed by atoms with Gasteiger partial charge in [0.2, 0.25) is 0 Å². The number of carbonyl (C=O) groups is 1. The number of esters is 1. The first-order valence-corrected chi connectivity index (χ1v) is 6.93. The van der Waals surface area contributed by atoms with Crippen LogP contribution in [0, 0.1) is 0 Å². The lowest BCUT2D eigenvalue weighted by atomic mass is 9.70. The van der Waals surface area contributed by atoms with Gasteiger partial charge in [-0.3, -0.25) is 4.79 Å². The van der Waals surface area contributed by atoms with E-state index in [0.717, 1.165) is 8.66 Å². The van der Waals surface area contributed by atoms with Gasteiger partial charge in [0.05, 0.1) is 17.3 Å². The Kier molecular flexibility index (Phi) is 4.38. The zero-order valence-corrected chi connectivity index (χ0v) is 12.9. The summed E-state index contributed by atoms with van der Waals surface area (Å²) in [5, 5.41) is 0. The summed E-state index contributed by atoms with van der Waals surface area (Å²) in [5.74, 6) is -0.240. The molecule has 0 aliphatic carbocycles. The number of hydrogen-bond acceptors (Lipinski definition) is 4. The number of thiophene rings is 1. The molecule has 0 amide bonds. The van der Waals surface area contributed by atoms with E-state index in [9.17, 15) is 4.79 Å². The van der Waals surface area contributed by atoms with Gasteiger partial charge in [-0.1, -0.05) is 6.92 Å². The maximum Gasteiger partial charge on any atom is 0.306 e. The molecule has 0 aliphatic rings. The molecule has 2 N–H and O–H groups in total. The van der Waals surface area contributed by atoms with Crippen LogP contribution < -0.4 is 5.73 Å². The first-order chi connectivity index (χ1) is 7.70. The largest absolute Gasteiger partial charge is 0.469 e. The van der Waals surface area contributed by atoms with Gasteiger partial charge in [-0.15, -0.1) is 11.3 Å². The van der Waals surface area contributed by atoms with Gasteiger partial charge in [0.1, 0.15) is 0 Å². The Morgan fingerprint density at radius 2 is 2.06 bits per heavy atom. The average Bonchev–Trinajstić information content (AvgIpc) is 2.63. The molecule has 0 spiro atoms. The Morgan fingerprint density at radius 3 is 2.41 bits per heavy atom. The minimum atomic E-state index is -0.508. The summed E-state index contributed by atoms with van der Waals surface area (Å²) >= 11 is 5.04. The van der Waals surface area contributed by atoms with Crippen molar-refractivity contribution >= 4 is 33.2 Å². The molecule has 0 saturated heterocycles. The maximum absolute atomic E-state index is 11.6. The predicted octanol–water partition coefficient (Wildman–Crippen LogP) is 3.07. The van der Waals surface area contributed by atoms with Gasteiger partial charge in [-0.25, -0.2) is 0 Å². The molecular weight excluding hydrogens is 302 g/mol. The molecule has 1 atom stereocenters. The van der Waals surface area contributed by atoms with Gasteiger partial charge in [0.15, 0.2) is 0 Å². The molecule has 1 heterocycles. The third kappa shape index (κ3) is 3.09. The van der Waals surface area contributed by atoms with Gasteiger partial charge >= 0.3 is 5.97 Å². The Balaban J connectivity index is 3.15. The van der Waals surface area contributed by atoms with E-state index in [1.54, 1.807) is 11.3 Å². The van der Waals surface area contributed by atoms with Crippen molar-refractivity contribution in [3.63, 3.8) is 0 Å². The van der Waals surface area contributed by atoms with E-state index < -0.39 is 11.0 Å². The highest BCUT2D eigenvalue weighted by atomic mass is 79.9. The summed E-state index contributed by atoms with van der Waals surface area (Å²) in [7, 11) is 1.40. The lowest BCUT2D eigenvalue weighted by Crippen LogP contribution is -2.53. The SMILES string of the molecule is COC(=O)CC(C)(c1ccc(Br)s1)C(C)(C)N. The molecule has 1 aromatic heterocycles. The van der Waals surface area contributed by atoms with Gasteiger partial charge in [0.25, 0.3) is 0 Å². The van der Waals surface area contributed by atoms with Gasteiger partial charge in [-0.05, 0) is 41.9 Å². The first-order valence-electron chi connectivity index (χ1n) is 5.32. The van der Waals surface area contributed by atoms with Crippen molar-refractivity contribution in [1.29, 1.82) is 0 Å². The van der Waals surface area contributed by atoms with Crippen molar-refractivity contribution in [2.75, 3.05) is 7.11 Å². The van der Waals surface area contributed by atoms with Crippen molar-refractivity contribution in [2.45, 2.75) is 38.1 Å². The zero-order chi connectivity index (χ0) is 13.3. The second-order valence-corrected chi connectivity index (χ2v) is 7.37. The van der Waals surface area contributed by atoms with E-state index in [-0.39, 0.29) is 12.4 Å². The van der Waals surface area contributed by atoms with Crippen molar-refractivity contribution in [3.05, 3.63) is 20.8 Å². The van der Waals surface area contributed by atoms with Crippen LogP contribution in [0.3, 0.4) is 0 Å². The van der Waals surface area contributed by atoms with E-state index in [1.165, 1.54) is 7.11 Å². The van der Waals surface area contributed by atoms with Gasteiger partial charge in [0, 0.05) is 15.8 Å². The Bertz CT molecular complexity index is 411. The quantitative estimate of drug-likeness (QED) is 0.868. The number of halogens is 1. The predicted molar refractivity (Wildman–Crippen MR) is 74.3 cm³/mol. The van der Waals surface area contributed by atoms with Crippen LogP contribution in [0.2, 0.25) is 0 Å². The molecule has 0 bridgehead atoms. The highest BCUT2D eigenvalue weighted by molar-refractivity contribution is 9.11. The molecule has 5 heteroatoms. The minimum Gasteiger partial charge on any atom is -0.469 e. The fourth-order valence-corrected chi connectivity index (χ4v) is 3.30. The van der Waals surface area contributed by atoms with Crippen LogP contribution in [-0.4, -0.2) is 18.6 Å². The van der Waals surface area contributed by atoms with Crippen molar-refractivity contribution in [3.8, 4) is 0 Å². The number of ether oxygens (including phenoxy) is 1. The molecule has 17 heavy (non-hydrogen) atoms. The normalized spacial score (nSPS) is 15.4. The fourth-order valence-electron chi connectivity index (χ4n) is 1.60. The van der Waals surface area contributed by atoms with Crippen LogP contribution in [0.25, 0.3) is 0 Å². The van der Waals surface area contributed by atoms with Crippen LogP contribution >= 0.6 is 27.3 Å². The average molecular weight is 320 g/mol. The number of rotatable bonds is 4. The van der Waals surface area contributed by atoms with Crippen molar-refractivity contribution < 1.29 is 9.53 Å². The molecule has 1 unspecified atom stereocenters. The van der Waals surface area contributed by atoms with E-state index in [0.29, 0.717) is 0 Å². The molecule has 96 valence electrons. The second-order valence-electron chi connectivity index (χ2n) is 4.91. The molecule has 0 aromatic carbocycles. The molecular formula is C12H18BrNO2S. The number of methoxy groups -OCH3 is 1. The molecule has 3 nitrogen and oxygen atoms in total. The maximum atomic E-state index is 11.6. The molecule has 1 rings (SSSR count). The van der Waals surface area contributed by atoms with Crippen molar-refractivity contribution in [2.24, 2.45) is 5.73 Å².